The van der Waals surface area contributed by atoms with Crippen molar-refractivity contribution < 1.29 is 14.5 Å². The van der Waals surface area contributed by atoms with Crippen molar-refractivity contribution in [2.24, 2.45) is 0 Å². The molecule has 148 valence electrons. The fraction of sp³-hybridized carbons (Fsp3) is 0.300. The highest BCUT2D eigenvalue weighted by Crippen LogP contribution is 2.17. The molecule has 0 heterocycles. The average Bonchev–Trinajstić information content (AvgIpc) is 2.61. The first-order valence-corrected chi connectivity index (χ1v) is 9.83. The zero-order valence-corrected chi connectivity index (χ0v) is 16.8. The maximum Gasteiger partial charge on any atom is 0.269 e. The second kappa shape index (κ2) is 9.36. The van der Waals surface area contributed by atoms with E-state index < -0.39 is 4.92 Å². The van der Waals surface area contributed by atoms with E-state index >= 15 is 0 Å². The van der Waals surface area contributed by atoms with Crippen LogP contribution >= 0.6 is 11.8 Å². The average molecular weight is 401 g/mol. The van der Waals surface area contributed by atoms with Crippen molar-refractivity contribution >= 4 is 35.0 Å². The van der Waals surface area contributed by atoms with E-state index in [2.05, 4.69) is 10.6 Å². The van der Waals surface area contributed by atoms with Gasteiger partial charge in [0.1, 0.15) is 0 Å². The number of rotatable bonds is 7. The lowest BCUT2D eigenvalue weighted by Gasteiger charge is -2.20. The topological polar surface area (TPSA) is 101 Å². The molecule has 0 bridgehead atoms. The summed E-state index contributed by atoms with van der Waals surface area (Å²) in [6.45, 7) is 5.73. The molecule has 2 N–H and O–H groups in total. The van der Waals surface area contributed by atoms with Gasteiger partial charge in [-0.05, 0) is 50.6 Å². The van der Waals surface area contributed by atoms with Crippen molar-refractivity contribution in [3.63, 3.8) is 0 Å². The maximum atomic E-state index is 12.1. The van der Waals surface area contributed by atoms with Crippen LogP contribution in [0.4, 0.5) is 11.4 Å². The normalized spacial score (nSPS) is 11.0. The summed E-state index contributed by atoms with van der Waals surface area (Å²) in [5.74, 6) is 0.517. The summed E-state index contributed by atoms with van der Waals surface area (Å²) >= 11 is 1.42. The SMILES string of the molecule is CC(C)(C)NC(=O)c1ccc(NC(=O)CSCc2ccc([N+](=O)[O-])cc2)cc1. The van der Waals surface area contributed by atoms with Gasteiger partial charge in [0.15, 0.2) is 0 Å². The Kier molecular flexibility index (Phi) is 7.17. The quantitative estimate of drug-likeness (QED) is 0.539. The molecule has 2 amide bonds. The third-order valence-corrected chi connectivity index (χ3v) is 4.57. The number of hydrogen-bond acceptors (Lipinski definition) is 5. The van der Waals surface area contributed by atoms with Crippen molar-refractivity contribution in [2.45, 2.75) is 32.1 Å². The monoisotopic (exact) mass is 401 g/mol. The predicted molar refractivity (Wildman–Crippen MR) is 112 cm³/mol. The lowest BCUT2D eigenvalue weighted by Crippen LogP contribution is -2.40. The van der Waals surface area contributed by atoms with Crippen LogP contribution in [0.2, 0.25) is 0 Å². The van der Waals surface area contributed by atoms with Crippen LogP contribution in [0, 0.1) is 10.1 Å². The molecule has 28 heavy (non-hydrogen) atoms. The zero-order chi connectivity index (χ0) is 20.7. The molecule has 0 spiro atoms. The van der Waals surface area contributed by atoms with Crippen molar-refractivity contribution in [1.82, 2.24) is 5.32 Å². The second-order valence-electron chi connectivity index (χ2n) is 7.25. The molecule has 0 unspecified atom stereocenters. The van der Waals surface area contributed by atoms with E-state index in [-0.39, 0.29) is 28.8 Å². The van der Waals surface area contributed by atoms with Gasteiger partial charge in [0.2, 0.25) is 5.91 Å². The molecule has 2 aromatic rings. The van der Waals surface area contributed by atoms with Crippen molar-refractivity contribution in [2.75, 3.05) is 11.1 Å². The van der Waals surface area contributed by atoms with E-state index in [0.717, 1.165) is 5.56 Å². The Bertz CT molecular complexity index is 843. The molecule has 0 saturated carbocycles. The fourth-order valence-corrected chi connectivity index (χ4v) is 3.08. The van der Waals surface area contributed by atoms with E-state index in [0.29, 0.717) is 17.0 Å². The van der Waals surface area contributed by atoms with Gasteiger partial charge in [0.05, 0.1) is 10.7 Å². The number of hydrogen-bond donors (Lipinski definition) is 2. The van der Waals surface area contributed by atoms with Gasteiger partial charge in [-0.25, -0.2) is 0 Å². The van der Waals surface area contributed by atoms with E-state index in [1.807, 2.05) is 20.8 Å². The Morgan fingerprint density at radius 3 is 2.18 bits per heavy atom. The summed E-state index contributed by atoms with van der Waals surface area (Å²) < 4.78 is 0. The number of amides is 2. The van der Waals surface area contributed by atoms with Gasteiger partial charge in [0.25, 0.3) is 11.6 Å². The number of non-ortho nitro benzene ring substituents is 1. The number of nitro groups is 1. The molecular formula is C20H23N3O4S. The predicted octanol–water partition coefficient (Wildman–Crippen LogP) is 4.00. The van der Waals surface area contributed by atoms with Gasteiger partial charge >= 0.3 is 0 Å². The molecule has 0 fully saturated rings. The molecular weight excluding hydrogens is 378 g/mol. The maximum absolute atomic E-state index is 12.1. The first-order chi connectivity index (χ1) is 13.1. The third-order valence-electron chi connectivity index (χ3n) is 3.57. The van der Waals surface area contributed by atoms with Gasteiger partial charge in [-0.3, -0.25) is 19.7 Å². The van der Waals surface area contributed by atoms with E-state index in [9.17, 15) is 19.7 Å². The first kappa shape index (κ1) is 21.4. The summed E-state index contributed by atoms with van der Waals surface area (Å²) in [7, 11) is 0. The number of benzene rings is 2. The number of carbonyl (C=O) groups is 2. The molecule has 7 nitrogen and oxygen atoms in total. The molecule has 0 atom stereocenters. The summed E-state index contributed by atoms with van der Waals surface area (Å²) in [5.41, 5.74) is 1.79. The molecule has 0 aliphatic heterocycles. The molecule has 0 aromatic heterocycles. The summed E-state index contributed by atoms with van der Waals surface area (Å²) in [4.78, 5) is 34.3. The van der Waals surface area contributed by atoms with Crippen molar-refractivity contribution in [3.8, 4) is 0 Å². The van der Waals surface area contributed by atoms with Gasteiger partial charge in [-0.2, -0.15) is 0 Å². The fourth-order valence-electron chi connectivity index (χ4n) is 2.29. The van der Waals surface area contributed by atoms with E-state index in [4.69, 9.17) is 0 Å². The highest BCUT2D eigenvalue weighted by molar-refractivity contribution is 7.99. The largest absolute Gasteiger partial charge is 0.347 e. The standard InChI is InChI=1S/C20H23N3O4S/c1-20(2,3)22-19(25)15-6-8-16(9-7-15)21-18(24)13-28-12-14-4-10-17(11-5-14)23(26)27/h4-11H,12-13H2,1-3H3,(H,21,24)(H,22,25). The van der Waals surface area contributed by atoms with Crippen LogP contribution in [-0.4, -0.2) is 28.0 Å². The summed E-state index contributed by atoms with van der Waals surface area (Å²) in [5, 5.41) is 16.3. The molecule has 2 aromatic carbocycles. The third kappa shape index (κ3) is 7.03. The highest BCUT2D eigenvalue weighted by Gasteiger charge is 2.15. The van der Waals surface area contributed by atoms with Gasteiger partial charge < -0.3 is 10.6 Å². The molecule has 2 rings (SSSR count). The Hall–Kier alpha value is -2.87. The van der Waals surface area contributed by atoms with Gasteiger partial charge in [-0.1, -0.05) is 12.1 Å². The molecule has 0 aliphatic carbocycles. The minimum atomic E-state index is -0.442. The number of nitrogens with zero attached hydrogens (tertiary/aromatic N) is 1. The number of thioether (sulfide) groups is 1. The van der Waals surface area contributed by atoms with E-state index in [1.165, 1.54) is 23.9 Å². The second-order valence-corrected chi connectivity index (χ2v) is 8.23. The number of nitro benzene ring substituents is 1. The lowest BCUT2D eigenvalue weighted by molar-refractivity contribution is -0.384. The summed E-state index contributed by atoms with van der Waals surface area (Å²) in [6, 6.07) is 13.0. The van der Waals surface area contributed by atoms with Crippen LogP contribution in [0.3, 0.4) is 0 Å². The van der Waals surface area contributed by atoms with E-state index in [1.54, 1.807) is 36.4 Å². The van der Waals surface area contributed by atoms with Crippen LogP contribution < -0.4 is 10.6 Å². The molecule has 0 radical (unpaired) electrons. The minimum absolute atomic E-state index is 0.0473. The minimum Gasteiger partial charge on any atom is -0.347 e. The highest BCUT2D eigenvalue weighted by atomic mass is 32.2. The van der Waals surface area contributed by atoms with Crippen molar-refractivity contribution in [1.29, 1.82) is 0 Å². The van der Waals surface area contributed by atoms with Gasteiger partial charge in [0, 0.05) is 34.7 Å². The smallest absolute Gasteiger partial charge is 0.269 e. The van der Waals surface area contributed by atoms with Crippen molar-refractivity contribution in [3.05, 3.63) is 69.8 Å². The number of nitrogens with one attached hydrogen (secondary N) is 2. The number of anilines is 1. The summed E-state index contributed by atoms with van der Waals surface area (Å²) in [6.07, 6.45) is 0. The van der Waals surface area contributed by atoms with Gasteiger partial charge in [-0.15, -0.1) is 11.8 Å². The Morgan fingerprint density at radius 1 is 1.04 bits per heavy atom. The van der Waals surface area contributed by atoms with Crippen LogP contribution in [0.15, 0.2) is 48.5 Å². The zero-order valence-electron chi connectivity index (χ0n) is 16.0. The number of carbonyl (C=O) groups excluding carboxylic acids is 2. The van der Waals surface area contributed by atoms with Crippen LogP contribution in [0.5, 0.6) is 0 Å². The Labute approximate surface area is 168 Å². The molecule has 8 heteroatoms. The lowest BCUT2D eigenvalue weighted by atomic mass is 10.1. The Balaban J connectivity index is 1.79. The Morgan fingerprint density at radius 2 is 1.64 bits per heavy atom. The molecule has 0 aliphatic rings. The first-order valence-electron chi connectivity index (χ1n) is 8.67. The van der Waals surface area contributed by atoms with Crippen LogP contribution in [-0.2, 0) is 10.5 Å². The van der Waals surface area contributed by atoms with Crippen LogP contribution in [0.25, 0.3) is 0 Å². The van der Waals surface area contributed by atoms with Crippen LogP contribution in [0.1, 0.15) is 36.7 Å². The molecule has 0 saturated heterocycles.